The van der Waals surface area contributed by atoms with E-state index in [1.165, 1.54) is 6.07 Å². The number of carbonyl (C=O) groups excluding carboxylic acids is 2. The third kappa shape index (κ3) is 4.47. The molecule has 2 heterocycles. The van der Waals surface area contributed by atoms with Gasteiger partial charge in [-0.1, -0.05) is 12.1 Å². The predicted octanol–water partition coefficient (Wildman–Crippen LogP) is 2.89. The number of carbonyl (C=O) groups is 2. The van der Waals surface area contributed by atoms with Crippen LogP contribution in [0.5, 0.6) is 0 Å². The molecule has 0 saturated carbocycles. The number of anilines is 1. The first kappa shape index (κ1) is 20.7. The first-order valence-electron chi connectivity index (χ1n) is 10.1. The van der Waals surface area contributed by atoms with Gasteiger partial charge in [0.05, 0.1) is 33.7 Å². The average Bonchev–Trinajstić information content (AvgIpc) is 2.78. The number of fused-ring (bicyclic) bond motifs is 1. The Kier molecular flexibility index (Phi) is 5.79. The fourth-order valence-electron chi connectivity index (χ4n) is 3.56. The number of nitrogens with zero attached hydrogens (tertiary/aromatic N) is 4. The number of esters is 1. The molecule has 0 atom stereocenters. The van der Waals surface area contributed by atoms with Crippen molar-refractivity contribution < 1.29 is 18.7 Å². The van der Waals surface area contributed by atoms with Crippen molar-refractivity contribution >= 4 is 28.6 Å². The average molecular weight is 422 g/mol. The molecule has 31 heavy (non-hydrogen) atoms. The van der Waals surface area contributed by atoms with Crippen LogP contribution in [0.25, 0.3) is 11.0 Å². The van der Waals surface area contributed by atoms with Gasteiger partial charge in [-0.05, 0) is 44.2 Å². The zero-order valence-corrected chi connectivity index (χ0v) is 17.5. The zero-order chi connectivity index (χ0) is 22.0. The summed E-state index contributed by atoms with van der Waals surface area (Å²) in [6, 6.07) is 11.5. The molecule has 1 aliphatic heterocycles. The highest BCUT2D eigenvalue weighted by Gasteiger charge is 2.23. The lowest BCUT2D eigenvalue weighted by molar-refractivity contribution is -0.134. The Hall–Kier alpha value is -3.55. The summed E-state index contributed by atoms with van der Waals surface area (Å²) in [6.07, 6.45) is 0. The normalized spacial score (nSPS) is 14.0. The van der Waals surface area contributed by atoms with Crippen LogP contribution in [0.4, 0.5) is 10.1 Å². The number of ether oxygens (including phenoxy) is 1. The molecule has 1 aromatic heterocycles. The lowest BCUT2D eigenvalue weighted by Crippen LogP contribution is -2.50. The van der Waals surface area contributed by atoms with Gasteiger partial charge in [0.2, 0.25) is 0 Å². The molecule has 1 saturated heterocycles. The fourth-order valence-corrected chi connectivity index (χ4v) is 3.56. The molecule has 0 aliphatic carbocycles. The van der Waals surface area contributed by atoms with Gasteiger partial charge in [-0.3, -0.25) is 4.79 Å². The molecule has 1 aliphatic rings. The molecule has 4 rings (SSSR count). The van der Waals surface area contributed by atoms with E-state index in [0.29, 0.717) is 48.5 Å². The third-order valence-corrected chi connectivity index (χ3v) is 5.46. The fraction of sp³-hybridized carbons (Fsp3) is 0.304. The van der Waals surface area contributed by atoms with Crippen LogP contribution in [0.1, 0.15) is 21.7 Å². The number of hydrogen-bond acceptors (Lipinski definition) is 6. The SMILES string of the molecule is Cc1nc2ccc(C(=O)OCC(=O)N3CCN(c4ccccc4F)CC3)cc2nc1C. The van der Waals surface area contributed by atoms with E-state index >= 15 is 0 Å². The van der Waals surface area contributed by atoms with Gasteiger partial charge in [0.1, 0.15) is 5.82 Å². The Morgan fingerprint density at radius 2 is 1.65 bits per heavy atom. The van der Waals surface area contributed by atoms with E-state index < -0.39 is 5.97 Å². The molecular weight excluding hydrogens is 399 g/mol. The van der Waals surface area contributed by atoms with Gasteiger partial charge < -0.3 is 14.5 Å². The summed E-state index contributed by atoms with van der Waals surface area (Å²) >= 11 is 0. The Bertz CT molecular complexity index is 1140. The minimum atomic E-state index is -0.583. The molecule has 8 heteroatoms. The summed E-state index contributed by atoms with van der Waals surface area (Å²) in [7, 11) is 0. The topological polar surface area (TPSA) is 75.6 Å². The highest BCUT2D eigenvalue weighted by atomic mass is 19.1. The first-order chi connectivity index (χ1) is 14.9. The molecule has 0 unspecified atom stereocenters. The van der Waals surface area contributed by atoms with Crippen LogP contribution in [0.2, 0.25) is 0 Å². The molecule has 1 amide bonds. The molecule has 1 fully saturated rings. The van der Waals surface area contributed by atoms with Crippen LogP contribution >= 0.6 is 0 Å². The molecular formula is C23H23FN4O3. The van der Waals surface area contributed by atoms with Crippen LogP contribution in [-0.2, 0) is 9.53 Å². The largest absolute Gasteiger partial charge is 0.452 e. The molecule has 7 nitrogen and oxygen atoms in total. The molecule has 0 N–H and O–H groups in total. The van der Waals surface area contributed by atoms with Gasteiger partial charge in [0, 0.05) is 26.2 Å². The van der Waals surface area contributed by atoms with Crippen molar-refractivity contribution in [2.24, 2.45) is 0 Å². The number of rotatable bonds is 4. The quantitative estimate of drug-likeness (QED) is 0.602. The lowest BCUT2D eigenvalue weighted by atomic mass is 10.2. The van der Waals surface area contributed by atoms with Gasteiger partial charge in [0.25, 0.3) is 5.91 Å². The van der Waals surface area contributed by atoms with Crippen LogP contribution in [0.3, 0.4) is 0 Å². The highest BCUT2D eigenvalue weighted by molar-refractivity contribution is 5.94. The van der Waals surface area contributed by atoms with E-state index in [-0.39, 0.29) is 18.3 Å². The van der Waals surface area contributed by atoms with Crippen molar-refractivity contribution in [3.05, 3.63) is 65.2 Å². The van der Waals surface area contributed by atoms with E-state index in [0.717, 1.165) is 11.4 Å². The zero-order valence-electron chi connectivity index (χ0n) is 17.5. The maximum absolute atomic E-state index is 14.0. The van der Waals surface area contributed by atoms with Gasteiger partial charge in [0.15, 0.2) is 6.61 Å². The third-order valence-electron chi connectivity index (χ3n) is 5.46. The summed E-state index contributed by atoms with van der Waals surface area (Å²) in [5.41, 5.74) is 3.79. The Morgan fingerprint density at radius 1 is 0.968 bits per heavy atom. The van der Waals surface area contributed by atoms with Gasteiger partial charge in [-0.25, -0.2) is 19.2 Å². The van der Waals surface area contributed by atoms with Crippen LogP contribution in [0, 0.1) is 19.7 Å². The minimum Gasteiger partial charge on any atom is -0.452 e. The molecule has 2 aromatic carbocycles. The summed E-state index contributed by atoms with van der Waals surface area (Å²) in [6.45, 7) is 5.31. The summed E-state index contributed by atoms with van der Waals surface area (Å²) in [5.74, 6) is -1.13. The van der Waals surface area contributed by atoms with E-state index in [4.69, 9.17) is 4.74 Å². The van der Waals surface area contributed by atoms with E-state index in [1.54, 1.807) is 41.3 Å². The number of aryl methyl sites for hydroxylation is 2. The predicted molar refractivity (Wildman–Crippen MR) is 114 cm³/mol. The van der Waals surface area contributed by atoms with Gasteiger partial charge in [-0.2, -0.15) is 0 Å². The standard InChI is InChI=1S/C23H23FN4O3/c1-15-16(2)26-20-13-17(7-8-19(20)25-15)23(30)31-14-22(29)28-11-9-27(10-12-28)21-6-4-3-5-18(21)24/h3-8,13H,9-12,14H2,1-2H3. The number of amides is 1. The van der Waals surface area contributed by atoms with Crippen LogP contribution < -0.4 is 4.90 Å². The van der Waals surface area contributed by atoms with E-state index in [2.05, 4.69) is 9.97 Å². The second-order valence-electron chi connectivity index (χ2n) is 7.49. The first-order valence-corrected chi connectivity index (χ1v) is 10.1. The van der Waals surface area contributed by atoms with E-state index in [1.807, 2.05) is 18.7 Å². The van der Waals surface area contributed by atoms with Crippen molar-refractivity contribution in [2.45, 2.75) is 13.8 Å². The highest BCUT2D eigenvalue weighted by Crippen LogP contribution is 2.20. The summed E-state index contributed by atoms with van der Waals surface area (Å²) in [5, 5.41) is 0. The minimum absolute atomic E-state index is 0.270. The number of piperazine rings is 1. The molecule has 3 aromatic rings. The molecule has 0 radical (unpaired) electrons. The number of aromatic nitrogens is 2. The van der Waals surface area contributed by atoms with E-state index in [9.17, 15) is 14.0 Å². The van der Waals surface area contributed by atoms with Crippen LogP contribution in [0.15, 0.2) is 42.5 Å². The van der Waals surface area contributed by atoms with Crippen molar-refractivity contribution in [2.75, 3.05) is 37.7 Å². The second-order valence-corrected chi connectivity index (χ2v) is 7.49. The number of benzene rings is 2. The summed E-state index contributed by atoms with van der Waals surface area (Å²) < 4.78 is 19.2. The number of halogens is 1. The second kappa shape index (κ2) is 8.67. The van der Waals surface area contributed by atoms with Gasteiger partial charge >= 0.3 is 5.97 Å². The summed E-state index contributed by atoms with van der Waals surface area (Å²) in [4.78, 5) is 37.3. The van der Waals surface area contributed by atoms with Crippen molar-refractivity contribution in [3.63, 3.8) is 0 Å². The molecule has 0 spiro atoms. The molecule has 160 valence electrons. The Morgan fingerprint density at radius 3 is 2.35 bits per heavy atom. The van der Waals surface area contributed by atoms with Crippen molar-refractivity contribution in [1.29, 1.82) is 0 Å². The lowest BCUT2D eigenvalue weighted by Gasteiger charge is -2.36. The van der Waals surface area contributed by atoms with Gasteiger partial charge in [-0.15, -0.1) is 0 Å². The van der Waals surface area contributed by atoms with Crippen molar-refractivity contribution in [3.8, 4) is 0 Å². The van der Waals surface area contributed by atoms with Crippen molar-refractivity contribution in [1.82, 2.24) is 14.9 Å². The number of para-hydroxylation sites is 1. The maximum Gasteiger partial charge on any atom is 0.338 e. The number of hydrogen-bond donors (Lipinski definition) is 0. The monoisotopic (exact) mass is 422 g/mol. The Balaban J connectivity index is 1.33. The van der Waals surface area contributed by atoms with Crippen LogP contribution in [-0.4, -0.2) is 59.5 Å². The Labute approximate surface area is 179 Å². The molecule has 0 bridgehead atoms. The maximum atomic E-state index is 14.0. The smallest absolute Gasteiger partial charge is 0.338 e.